The number of benzene rings is 1. The second-order valence-corrected chi connectivity index (χ2v) is 7.25. The number of nitrogens with one attached hydrogen (secondary N) is 1. The van der Waals surface area contributed by atoms with Crippen LogP contribution in [0.3, 0.4) is 0 Å². The van der Waals surface area contributed by atoms with E-state index in [4.69, 9.17) is 4.74 Å². The molecule has 0 aromatic heterocycles. The number of carbonyl (C=O) groups excluding carboxylic acids is 1. The van der Waals surface area contributed by atoms with E-state index in [2.05, 4.69) is 5.32 Å². The summed E-state index contributed by atoms with van der Waals surface area (Å²) in [6.07, 6.45) is 1.63. The Labute approximate surface area is 136 Å². The van der Waals surface area contributed by atoms with Gasteiger partial charge >= 0.3 is 0 Å². The summed E-state index contributed by atoms with van der Waals surface area (Å²) in [5, 5.41) is 2.76. The largest absolute Gasteiger partial charge is 0.383 e. The lowest BCUT2D eigenvalue weighted by atomic mass is 10.2. The van der Waals surface area contributed by atoms with Crippen LogP contribution in [0.1, 0.15) is 19.8 Å². The van der Waals surface area contributed by atoms with E-state index in [-0.39, 0.29) is 24.9 Å². The average Bonchev–Trinajstić information content (AvgIpc) is 2.44. The highest BCUT2D eigenvalue weighted by molar-refractivity contribution is 7.92. The summed E-state index contributed by atoms with van der Waals surface area (Å²) in [4.78, 5) is 11.8. The minimum atomic E-state index is -3.50. The third kappa shape index (κ3) is 6.96. The fourth-order valence-corrected chi connectivity index (χ4v) is 3.08. The first-order valence-electron chi connectivity index (χ1n) is 7.25. The molecule has 0 saturated carbocycles. The average molecular weight is 346 g/mol. The quantitative estimate of drug-likeness (QED) is 0.736. The van der Waals surface area contributed by atoms with Gasteiger partial charge in [0.1, 0.15) is 5.82 Å². The SMILES string of the molecule is COC[C@H](C)NC(=O)CCCN(c1ccc(F)cc1)S(C)(=O)=O. The molecule has 0 radical (unpaired) electrons. The van der Waals surface area contributed by atoms with Crippen LogP contribution in [0.2, 0.25) is 0 Å². The number of nitrogens with zero attached hydrogens (tertiary/aromatic N) is 1. The molecule has 0 bridgehead atoms. The molecule has 1 aromatic carbocycles. The van der Waals surface area contributed by atoms with E-state index >= 15 is 0 Å². The van der Waals surface area contributed by atoms with Crippen LogP contribution in [0.4, 0.5) is 10.1 Å². The number of hydrogen-bond acceptors (Lipinski definition) is 4. The fourth-order valence-electron chi connectivity index (χ4n) is 2.12. The van der Waals surface area contributed by atoms with Crippen molar-refractivity contribution >= 4 is 21.6 Å². The molecule has 23 heavy (non-hydrogen) atoms. The molecule has 130 valence electrons. The van der Waals surface area contributed by atoms with E-state index < -0.39 is 15.8 Å². The van der Waals surface area contributed by atoms with Gasteiger partial charge in [0.05, 0.1) is 18.6 Å². The van der Waals surface area contributed by atoms with Crippen molar-refractivity contribution < 1.29 is 22.3 Å². The van der Waals surface area contributed by atoms with E-state index in [1.807, 2.05) is 6.92 Å². The summed E-state index contributed by atoms with van der Waals surface area (Å²) in [7, 11) is -1.95. The lowest BCUT2D eigenvalue weighted by Gasteiger charge is -2.22. The Morgan fingerprint density at radius 3 is 2.48 bits per heavy atom. The third-order valence-corrected chi connectivity index (χ3v) is 4.30. The van der Waals surface area contributed by atoms with Gasteiger partial charge in [-0.05, 0) is 37.6 Å². The third-order valence-electron chi connectivity index (χ3n) is 3.10. The highest BCUT2D eigenvalue weighted by Crippen LogP contribution is 2.18. The molecule has 8 heteroatoms. The number of ether oxygens (including phenoxy) is 1. The standard InChI is InChI=1S/C15H23FN2O4S/c1-12(11-22-2)17-15(19)5-4-10-18(23(3,20)21)14-8-6-13(16)7-9-14/h6-9,12H,4-5,10-11H2,1-3H3,(H,17,19)/t12-/m0/s1. The van der Waals surface area contributed by atoms with E-state index in [0.717, 1.165) is 10.6 Å². The molecule has 0 unspecified atom stereocenters. The van der Waals surface area contributed by atoms with Gasteiger partial charge < -0.3 is 10.1 Å². The zero-order valence-electron chi connectivity index (χ0n) is 13.6. The molecule has 0 spiro atoms. The van der Waals surface area contributed by atoms with Gasteiger partial charge in [-0.2, -0.15) is 0 Å². The van der Waals surface area contributed by atoms with Gasteiger partial charge in [0, 0.05) is 26.1 Å². The zero-order valence-corrected chi connectivity index (χ0v) is 14.4. The Balaban J connectivity index is 2.60. The molecule has 1 aromatic rings. The molecule has 0 aliphatic heterocycles. The molecule has 1 atom stereocenters. The van der Waals surface area contributed by atoms with E-state index in [1.165, 1.54) is 24.3 Å². The predicted molar refractivity (Wildman–Crippen MR) is 87.3 cm³/mol. The molecule has 0 aliphatic rings. The van der Waals surface area contributed by atoms with Crippen LogP contribution < -0.4 is 9.62 Å². The van der Waals surface area contributed by atoms with Gasteiger partial charge in [-0.25, -0.2) is 12.8 Å². The number of methoxy groups -OCH3 is 1. The number of amides is 1. The Hall–Kier alpha value is -1.67. The zero-order chi connectivity index (χ0) is 17.5. The van der Waals surface area contributed by atoms with Crippen molar-refractivity contribution in [2.24, 2.45) is 0 Å². The molecule has 0 fully saturated rings. The number of anilines is 1. The number of rotatable bonds is 9. The second-order valence-electron chi connectivity index (χ2n) is 5.34. The summed E-state index contributed by atoms with van der Waals surface area (Å²) >= 11 is 0. The van der Waals surface area contributed by atoms with E-state index in [9.17, 15) is 17.6 Å². The van der Waals surface area contributed by atoms with Gasteiger partial charge in [-0.1, -0.05) is 0 Å². The maximum Gasteiger partial charge on any atom is 0.232 e. The fraction of sp³-hybridized carbons (Fsp3) is 0.533. The normalized spacial score (nSPS) is 12.7. The van der Waals surface area contributed by atoms with Crippen LogP contribution in [-0.2, 0) is 19.6 Å². The molecule has 1 rings (SSSR count). The lowest BCUT2D eigenvalue weighted by Crippen LogP contribution is -2.36. The minimum absolute atomic E-state index is 0.101. The van der Waals surface area contributed by atoms with Gasteiger partial charge in [0.2, 0.25) is 15.9 Å². The van der Waals surface area contributed by atoms with Crippen molar-refractivity contribution in [1.29, 1.82) is 0 Å². The van der Waals surface area contributed by atoms with Crippen LogP contribution in [-0.4, -0.2) is 46.9 Å². The maximum absolute atomic E-state index is 13.0. The van der Waals surface area contributed by atoms with Crippen LogP contribution in [0, 0.1) is 5.82 Å². The summed E-state index contributed by atoms with van der Waals surface area (Å²) in [6.45, 7) is 2.38. The monoisotopic (exact) mass is 346 g/mol. The minimum Gasteiger partial charge on any atom is -0.383 e. The Bertz CT molecular complexity index is 604. The molecule has 1 amide bonds. The van der Waals surface area contributed by atoms with E-state index in [1.54, 1.807) is 7.11 Å². The van der Waals surface area contributed by atoms with Crippen molar-refractivity contribution in [2.75, 3.05) is 30.8 Å². The molecule has 0 heterocycles. The highest BCUT2D eigenvalue weighted by Gasteiger charge is 2.17. The molecule has 0 aliphatic carbocycles. The first-order chi connectivity index (χ1) is 10.7. The highest BCUT2D eigenvalue weighted by atomic mass is 32.2. The van der Waals surface area contributed by atoms with Gasteiger partial charge in [-0.3, -0.25) is 9.10 Å². The summed E-state index contributed by atoms with van der Waals surface area (Å²) in [5.74, 6) is -0.601. The van der Waals surface area contributed by atoms with Gasteiger partial charge in [0.15, 0.2) is 0 Å². The Kier molecular flexibility index (Phi) is 7.44. The lowest BCUT2D eigenvalue weighted by molar-refractivity contribution is -0.122. The smallest absolute Gasteiger partial charge is 0.232 e. The van der Waals surface area contributed by atoms with Crippen LogP contribution in [0.15, 0.2) is 24.3 Å². The summed E-state index contributed by atoms with van der Waals surface area (Å²) in [5.41, 5.74) is 0.377. The maximum atomic E-state index is 13.0. The van der Waals surface area contributed by atoms with E-state index in [0.29, 0.717) is 18.7 Å². The van der Waals surface area contributed by atoms with Crippen molar-refractivity contribution in [3.63, 3.8) is 0 Å². The Morgan fingerprint density at radius 1 is 1.35 bits per heavy atom. The first-order valence-corrected chi connectivity index (χ1v) is 9.10. The Morgan fingerprint density at radius 2 is 1.96 bits per heavy atom. The molecule has 0 saturated heterocycles. The number of carbonyl (C=O) groups is 1. The molecule has 1 N–H and O–H groups in total. The molecular formula is C15H23FN2O4S. The van der Waals surface area contributed by atoms with Crippen molar-refractivity contribution in [3.05, 3.63) is 30.1 Å². The van der Waals surface area contributed by atoms with Crippen molar-refractivity contribution in [3.8, 4) is 0 Å². The van der Waals surface area contributed by atoms with Gasteiger partial charge in [0.25, 0.3) is 0 Å². The number of halogens is 1. The second kappa shape index (κ2) is 8.83. The number of hydrogen-bond donors (Lipinski definition) is 1. The van der Waals surface area contributed by atoms with Gasteiger partial charge in [-0.15, -0.1) is 0 Å². The summed E-state index contributed by atoms with van der Waals surface area (Å²) in [6, 6.07) is 5.10. The van der Waals surface area contributed by atoms with Crippen LogP contribution >= 0.6 is 0 Å². The van der Waals surface area contributed by atoms with Crippen LogP contribution in [0.5, 0.6) is 0 Å². The molecular weight excluding hydrogens is 323 g/mol. The number of sulfonamides is 1. The van der Waals surface area contributed by atoms with Crippen molar-refractivity contribution in [2.45, 2.75) is 25.8 Å². The molecule has 6 nitrogen and oxygen atoms in total. The first kappa shape index (κ1) is 19.4. The van der Waals surface area contributed by atoms with Crippen molar-refractivity contribution in [1.82, 2.24) is 5.32 Å². The summed E-state index contributed by atoms with van der Waals surface area (Å²) < 4.78 is 42.8. The predicted octanol–water partition coefficient (Wildman–Crippen LogP) is 1.52. The van der Waals surface area contributed by atoms with Crippen LogP contribution in [0.25, 0.3) is 0 Å². The topological polar surface area (TPSA) is 75.7 Å².